The van der Waals surface area contributed by atoms with E-state index in [1.165, 1.54) is 36.8 Å². The summed E-state index contributed by atoms with van der Waals surface area (Å²) >= 11 is 0. The number of aromatic nitrogens is 2. The minimum Gasteiger partial charge on any atom is -0.494 e. The van der Waals surface area contributed by atoms with Crippen LogP contribution >= 0.6 is 0 Å². The van der Waals surface area contributed by atoms with E-state index in [1.54, 1.807) is 12.4 Å². The van der Waals surface area contributed by atoms with Crippen LogP contribution in [-0.2, 0) is 21.5 Å². The van der Waals surface area contributed by atoms with Crippen molar-refractivity contribution in [3.05, 3.63) is 83.4 Å². The topological polar surface area (TPSA) is 88.7 Å². The molecular weight excluding hydrogens is 538 g/mol. The molecular formula is C36H53N3O4. The predicted octanol–water partition coefficient (Wildman–Crippen LogP) is 7.95. The third-order valence-corrected chi connectivity index (χ3v) is 7.76. The summed E-state index contributed by atoms with van der Waals surface area (Å²) in [6, 6.07) is 16.9. The molecule has 0 bridgehead atoms. The monoisotopic (exact) mass is 591 g/mol. The van der Waals surface area contributed by atoms with E-state index in [4.69, 9.17) is 24.7 Å². The Morgan fingerprint density at radius 3 is 1.77 bits per heavy atom. The molecule has 3 rings (SSSR count). The van der Waals surface area contributed by atoms with Gasteiger partial charge in [-0.25, -0.2) is 9.97 Å². The average Bonchev–Trinajstić information content (AvgIpc) is 3.03. The zero-order chi connectivity index (χ0) is 30.8. The summed E-state index contributed by atoms with van der Waals surface area (Å²) in [6.07, 6.45) is 12.8. The predicted molar refractivity (Wildman–Crippen MR) is 174 cm³/mol. The van der Waals surface area contributed by atoms with Crippen LogP contribution in [0.25, 0.3) is 0 Å². The summed E-state index contributed by atoms with van der Waals surface area (Å²) in [5.41, 5.74) is 8.74. The van der Waals surface area contributed by atoms with Gasteiger partial charge in [0.05, 0.1) is 6.61 Å². The summed E-state index contributed by atoms with van der Waals surface area (Å²) in [5.74, 6) is 2.43. The van der Waals surface area contributed by atoms with Crippen LogP contribution in [0.4, 0.5) is 0 Å². The number of hydrogen-bond acceptors (Lipinski definition) is 7. The largest absolute Gasteiger partial charge is 0.494 e. The fourth-order valence-electron chi connectivity index (χ4n) is 4.90. The van der Waals surface area contributed by atoms with Crippen LogP contribution in [0.3, 0.4) is 0 Å². The highest BCUT2D eigenvalue weighted by atomic mass is 16.5. The Labute approximate surface area is 259 Å². The molecule has 0 aliphatic carbocycles. The third-order valence-electron chi connectivity index (χ3n) is 7.76. The van der Waals surface area contributed by atoms with Gasteiger partial charge in [-0.2, -0.15) is 0 Å². The number of nitrogens with two attached hydrogens (primary N) is 1. The molecule has 0 saturated carbocycles. The Hall–Kier alpha value is -3.00. The van der Waals surface area contributed by atoms with Crippen molar-refractivity contribution < 1.29 is 18.9 Å². The number of nitrogens with zero attached hydrogens (tertiary/aromatic N) is 2. The van der Waals surface area contributed by atoms with Crippen molar-refractivity contribution in [3.8, 4) is 11.5 Å². The van der Waals surface area contributed by atoms with Crippen molar-refractivity contribution in [1.29, 1.82) is 0 Å². The lowest BCUT2D eigenvalue weighted by Crippen LogP contribution is -2.18. The molecule has 1 atom stereocenters. The van der Waals surface area contributed by atoms with Gasteiger partial charge < -0.3 is 24.7 Å². The Morgan fingerprint density at radius 2 is 1.21 bits per heavy atom. The number of rotatable bonds is 22. The summed E-state index contributed by atoms with van der Waals surface area (Å²) in [7, 11) is 0. The van der Waals surface area contributed by atoms with E-state index >= 15 is 0 Å². The summed E-state index contributed by atoms with van der Waals surface area (Å²) in [4.78, 5) is 8.82. The van der Waals surface area contributed by atoms with Crippen LogP contribution in [0.1, 0.15) is 108 Å². The molecule has 0 amide bonds. The van der Waals surface area contributed by atoms with Crippen molar-refractivity contribution in [2.75, 3.05) is 33.0 Å². The third kappa shape index (κ3) is 12.3. The van der Waals surface area contributed by atoms with E-state index in [-0.39, 0.29) is 11.5 Å². The van der Waals surface area contributed by atoms with Crippen LogP contribution in [-0.4, -0.2) is 42.9 Å². The van der Waals surface area contributed by atoms with E-state index < -0.39 is 0 Å². The molecule has 1 aromatic heterocycles. The number of benzene rings is 2. The highest BCUT2D eigenvalue weighted by Crippen LogP contribution is 2.33. The molecule has 2 aromatic carbocycles. The lowest BCUT2D eigenvalue weighted by atomic mass is 9.78. The van der Waals surface area contributed by atoms with E-state index in [9.17, 15) is 0 Å². The second-order valence-corrected chi connectivity index (χ2v) is 11.6. The number of ether oxygens (including phenoxy) is 4. The molecule has 0 aliphatic rings. The molecule has 7 nitrogen and oxygen atoms in total. The molecule has 7 heteroatoms. The van der Waals surface area contributed by atoms with E-state index in [1.807, 2.05) is 26.0 Å². The molecule has 1 heterocycles. The van der Waals surface area contributed by atoms with Crippen LogP contribution in [0.2, 0.25) is 0 Å². The Bertz CT molecular complexity index is 1130. The van der Waals surface area contributed by atoms with E-state index in [0.717, 1.165) is 69.1 Å². The molecule has 236 valence electrons. The van der Waals surface area contributed by atoms with E-state index in [2.05, 4.69) is 60.2 Å². The smallest absolute Gasteiger partial charge is 0.156 e. The minimum absolute atomic E-state index is 0.113. The zero-order valence-corrected chi connectivity index (χ0v) is 26.9. The second-order valence-electron chi connectivity index (χ2n) is 11.6. The maximum absolute atomic E-state index is 6.02. The number of unbranched alkanes of at least 4 members (excludes halogenated alkanes) is 6. The Kier molecular flexibility index (Phi) is 15.5. The highest BCUT2D eigenvalue weighted by Gasteiger charge is 2.23. The minimum atomic E-state index is -0.145. The SMILES string of the molecule is CCOC(C)c1ncc(COc2ccc(C(C)(C)c3ccc(OCCCCCCCCOCCCCN)cc3)cc2)cn1. The Morgan fingerprint density at radius 1 is 0.698 bits per heavy atom. The standard InChI is InChI=1S/C36H53N3O4/c1-5-41-29(2)35-38-26-30(27-39-35)28-43-34-20-16-32(17-21-34)36(3,4)31-14-18-33(19-15-31)42-25-12-9-7-6-8-11-23-40-24-13-10-22-37/h14-21,26-27,29H,5-13,22-25,28,37H2,1-4H3. The molecule has 0 radical (unpaired) electrons. The first kappa shape index (κ1) is 34.5. The van der Waals surface area contributed by atoms with Crippen LogP contribution in [0, 0.1) is 0 Å². The number of hydrogen-bond donors (Lipinski definition) is 1. The maximum Gasteiger partial charge on any atom is 0.156 e. The van der Waals surface area contributed by atoms with Gasteiger partial charge in [0.15, 0.2) is 5.82 Å². The molecule has 43 heavy (non-hydrogen) atoms. The van der Waals surface area contributed by atoms with Gasteiger partial charge in [0.1, 0.15) is 24.2 Å². The maximum atomic E-state index is 6.02. The van der Waals surface area contributed by atoms with Crippen LogP contribution in [0.5, 0.6) is 11.5 Å². The van der Waals surface area contributed by atoms with Gasteiger partial charge >= 0.3 is 0 Å². The summed E-state index contributed by atoms with van der Waals surface area (Å²) in [5, 5.41) is 0. The van der Waals surface area contributed by atoms with Crippen LogP contribution < -0.4 is 15.2 Å². The molecule has 2 N–H and O–H groups in total. The molecule has 1 unspecified atom stereocenters. The lowest BCUT2D eigenvalue weighted by Gasteiger charge is -2.26. The quantitative estimate of drug-likeness (QED) is 0.119. The van der Waals surface area contributed by atoms with Crippen molar-refractivity contribution >= 4 is 0 Å². The van der Waals surface area contributed by atoms with Gasteiger partial charge in [0.25, 0.3) is 0 Å². The van der Waals surface area contributed by atoms with Gasteiger partial charge in [0, 0.05) is 43.2 Å². The van der Waals surface area contributed by atoms with E-state index in [0.29, 0.717) is 19.0 Å². The first-order valence-electron chi connectivity index (χ1n) is 16.1. The molecule has 0 spiro atoms. The van der Waals surface area contributed by atoms with Gasteiger partial charge in [-0.3, -0.25) is 0 Å². The van der Waals surface area contributed by atoms with Gasteiger partial charge in [-0.05, 0) is 81.5 Å². The molecule has 0 aliphatic heterocycles. The van der Waals surface area contributed by atoms with Crippen molar-refractivity contribution in [1.82, 2.24) is 9.97 Å². The fourth-order valence-corrected chi connectivity index (χ4v) is 4.90. The summed E-state index contributed by atoms with van der Waals surface area (Å²) < 4.78 is 23.2. The fraction of sp³-hybridized carbons (Fsp3) is 0.556. The van der Waals surface area contributed by atoms with Crippen molar-refractivity contribution in [3.63, 3.8) is 0 Å². The van der Waals surface area contributed by atoms with Crippen molar-refractivity contribution in [2.24, 2.45) is 5.73 Å². The first-order chi connectivity index (χ1) is 20.9. The summed E-state index contributed by atoms with van der Waals surface area (Å²) in [6.45, 7) is 12.7. The van der Waals surface area contributed by atoms with Crippen molar-refractivity contribution in [2.45, 2.75) is 97.2 Å². The van der Waals surface area contributed by atoms with Gasteiger partial charge in [-0.15, -0.1) is 0 Å². The van der Waals surface area contributed by atoms with Gasteiger partial charge in [0.2, 0.25) is 0 Å². The Balaban J connectivity index is 1.34. The molecule has 0 fully saturated rings. The second kappa shape index (κ2) is 19.3. The van der Waals surface area contributed by atoms with Gasteiger partial charge in [-0.1, -0.05) is 63.8 Å². The average molecular weight is 592 g/mol. The molecule has 0 saturated heterocycles. The normalized spacial score (nSPS) is 12.3. The molecule has 3 aromatic rings. The highest BCUT2D eigenvalue weighted by molar-refractivity contribution is 5.41. The van der Waals surface area contributed by atoms with Crippen LogP contribution in [0.15, 0.2) is 60.9 Å². The first-order valence-corrected chi connectivity index (χ1v) is 16.1. The lowest BCUT2D eigenvalue weighted by molar-refractivity contribution is 0.0699. The zero-order valence-electron chi connectivity index (χ0n) is 26.9.